The summed E-state index contributed by atoms with van der Waals surface area (Å²) in [5.41, 5.74) is 0. The Bertz CT molecular complexity index is 387. The molecule has 0 aromatic rings. The molecule has 1 aliphatic rings. The van der Waals surface area contributed by atoms with Crippen molar-refractivity contribution in [3.05, 3.63) is 12.2 Å². The van der Waals surface area contributed by atoms with Gasteiger partial charge in [0.05, 0.1) is 13.2 Å². The predicted octanol–water partition coefficient (Wildman–Crippen LogP) is 4.52. The molecule has 5 nitrogen and oxygen atoms in total. The van der Waals surface area contributed by atoms with Crippen LogP contribution in [0.5, 0.6) is 0 Å². The molecule has 3 N–H and O–H groups in total. The van der Waals surface area contributed by atoms with E-state index in [-0.39, 0.29) is 13.2 Å². The van der Waals surface area contributed by atoms with E-state index in [1.807, 2.05) is 0 Å². The summed E-state index contributed by atoms with van der Waals surface area (Å²) < 4.78 is 11.0. The zero-order valence-electron chi connectivity index (χ0n) is 18.6. The van der Waals surface area contributed by atoms with Crippen molar-refractivity contribution in [2.45, 2.75) is 121 Å². The summed E-state index contributed by atoms with van der Waals surface area (Å²) in [4.78, 5) is 0. The molecule has 1 saturated heterocycles. The van der Waals surface area contributed by atoms with E-state index in [0.29, 0.717) is 6.61 Å². The number of allylic oxidation sites excluding steroid dienone is 2. The van der Waals surface area contributed by atoms with E-state index in [9.17, 15) is 10.2 Å². The van der Waals surface area contributed by atoms with Gasteiger partial charge in [0, 0.05) is 6.61 Å². The Kier molecular flexibility index (Phi) is 16.8. The maximum atomic E-state index is 10.0. The lowest BCUT2D eigenvalue weighted by Gasteiger charge is -2.36. The third kappa shape index (κ3) is 12.7. The average molecular weight is 415 g/mol. The fourth-order valence-corrected chi connectivity index (χ4v) is 3.75. The van der Waals surface area contributed by atoms with Crippen molar-refractivity contribution in [2.75, 3.05) is 19.8 Å². The third-order valence-electron chi connectivity index (χ3n) is 5.75. The first kappa shape index (κ1) is 26.6. The highest BCUT2D eigenvalue weighted by Gasteiger charge is 2.38. The maximum Gasteiger partial charge on any atom is 0.111 e. The van der Waals surface area contributed by atoms with Crippen LogP contribution in [0.2, 0.25) is 0 Å². The largest absolute Gasteiger partial charge is 0.394 e. The maximum absolute atomic E-state index is 10.0. The highest BCUT2D eigenvalue weighted by molar-refractivity contribution is 4.87. The number of hydrogen-bond donors (Lipinski definition) is 3. The SMILES string of the molecule is CCCCCCCCC/C=C/CCCCCCCO[C@@H]1CO[C@@H](CO)[C@H](O)[C@H]1O. The van der Waals surface area contributed by atoms with Crippen LogP contribution in [0.3, 0.4) is 0 Å². The van der Waals surface area contributed by atoms with Gasteiger partial charge in [-0.3, -0.25) is 0 Å². The molecule has 0 aromatic carbocycles. The van der Waals surface area contributed by atoms with Gasteiger partial charge in [0.15, 0.2) is 0 Å². The average Bonchev–Trinajstić information content (AvgIpc) is 2.73. The Morgan fingerprint density at radius 1 is 0.793 bits per heavy atom. The van der Waals surface area contributed by atoms with Crippen LogP contribution in [0.1, 0.15) is 96.8 Å². The molecular formula is C24H46O5. The molecule has 1 fully saturated rings. The number of aliphatic hydroxyl groups is 3. The second kappa shape index (κ2) is 18.3. The molecule has 0 amide bonds. The van der Waals surface area contributed by atoms with E-state index in [1.165, 1.54) is 77.0 Å². The lowest BCUT2D eigenvalue weighted by Crippen LogP contribution is -2.55. The topological polar surface area (TPSA) is 79.2 Å². The molecule has 0 spiro atoms. The summed E-state index contributed by atoms with van der Waals surface area (Å²) in [5.74, 6) is 0. The Hall–Kier alpha value is -0.460. The summed E-state index contributed by atoms with van der Waals surface area (Å²) in [6.07, 6.45) is 19.2. The molecular weight excluding hydrogens is 368 g/mol. The fraction of sp³-hybridized carbons (Fsp3) is 0.917. The second-order valence-electron chi connectivity index (χ2n) is 8.38. The van der Waals surface area contributed by atoms with Crippen LogP contribution in [0, 0.1) is 0 Å². The smallest absolute Gasteiger partial charge is 0.111 e. The van der Waals surface area contributed by atoms with Crippen molar-refractivity contribution in [2.24, 2.45) is 0 Å². The highest BCUT2D eigenvalue weighted by Crippen LogP contribution is 2.18. The lowest BCUT2D eigenvalue weighted by molar-refractivity contribution is -0.208. The van der Waals surface area contributed by atoms with Crippen molar-refractivity contribution in [1.82, 2.24) is 0 Å². The van der Waals surface area contributed by atoms with Crippen LogP contribution in [0.15, 0.2) is 12.2 Å². The number of ether oxygens (including phenoxy) is 2. The Balaban J connectivity index is 1.84. The summed E-state index contributed by atoms with van der Waals surface area (Å²) in [6.45, 7) is 2.76. The number of hydrogen-bond acceptors (Lipinski definition) is 5. The Morgan fingerprint density at radius 3 is 1.93 bits per heavy atom. The van der Waals surface area contributed by atoms with Gasteiger partial charge in [0.25, 0.3) is 0 Å². The van der Waals surface area contributed by atoms with Gasteiger partial charge >= 0.3 is 0 Å². The molecule has 0 unspecified atom stereocenters. The summed E-state index contributed by atoms with van der Waals surface area (Å²) in [6, 6.07) is 0. The van der Waals surface area contributed by atoms with Gasteiger partial charge in [-0.1, -0.05) is 76.9 Å². The van der Waals surface area contributed by atoms with E-state index in [0.717, 1.165) is 12.8 Å². The molecule has 0 bridgehead atoms. The molecule has 0 aliphatic carbocycles. The molecule has 172 valence electrons. The van der Waals surface area contributed by atoms with Gasteiger partial charge in [-0.2, -0.15) is 0 Å². The van der Waals surface area contributed by atoms with Gasteiger partial charge in [0.1, 0.15) is 24.4 Å². The van der Waals surface area contributed by atoms with Crippen molar-refractivity contribution >= 4 is 0 Å². The summed E-state index contributed by atoms with van der Waals surface area (Å²) in [5, 5.41) is 28.9. The van der Waals surface area contributed by atoms with Crippen LogP contribution in [-0.4, -0.2) is 59.6 Å². The van der Waals surface area contributed by atoms with Crippen molar-refractivity contribution in [1.29, 1.82) is 0 Å². The molecule has 1 heterocycles. The van der Waals surface area contributed by atoms with Crippen LogP contribution in [0.4, 0.5) is 0 Å². The molecule has 1 rings (SSSR count). The minimum absolute atomic E-state index is 0.217. The second-order valence-corrected chi connectivity index (χ2v) is 8.38. The predicted molar refractivity (Wildman–Crippen MR) is 118 cm³/mol. The standard InChI is InChI=1S/C24H46O5/c1-2-3-4-5-6-7-8-9-10-11-12-13-14-15-16-17-18-28-22-20-29-21(19-25)23(26)24(22)27/h10-11,21-27H,2-9,12-20H2,1H3/b11-10+/t21-,22+,23-,24-/m0/s1. The highest BCUT2D eigenvalue weighted by atomic mass is 16.6. The van der Waals surface area contributed by atoms with Gasteiger partial charge in [0.2, 0.25) is 0 Å². The number of unbranched alkanes of at least 4 members (excludes halogenated alkanes) is 12. The van der Waals surface area contributed by atoms with Crippen LogP contribution >= 0.6 is 0 Å². The van der Waals surface area contributed by atoms with E-state index >= 15 is 0 Å². The Labute approximate surface area is 178 Å². The molecule has 4 atom stereocenters. The monoisotopic (exact) mass is 414 g/mol. The molecule has 5 heteroatoms. The third-order valence-corrected chi connectivity index (χ3v) is 5.75. The van der Waals surface area contributed by atoms with Crippen LogP contribution < -0.4 is 0 Å². The summed E-state index contributed by atoms with van der Waals surface area (Å²) in [7, 11) is 0. The van der Waals surface area contributed by atoms with Crippen LogP contribution in [0.25, 0.3) is 0 Å². The van der Waals surface area contributed by atoms with E-state index < -0.39 is 24.4 Å². The first-order chi connectivity index (χ1) is 14.2. The normalized spacial score (nSPS) is 25.1. The molecule has 0 aromatic heterocycles. The zero-order chi connectivity index (χ0) is 21.2. The minimum Gasteiger partial charge on any atom is -0.394 e. The minimum atomic E-state index is -1.09. The molecule has 0 radical (unpaired) electrons. The zero-order valence-corrected chi connectivity index (χ0v) is 18.6. The first-order valence-electron chi connectivity index (χ1n) is 12.1. The summed E-state index contributed by atoms with van der Waals surface area (Å²) >= 11 is 0. The molecule has 1 aliphatic heterocycles. The van der Waals surface area contributed by atoms with E-state index in [4.69, 9.17) is 14.6 Å². The van der Waals surface area contributed by atoms with Crippen molar-refractivity contribution in [3.63, 3.8) is 0 Å². The first-order valence-corrected chi connectivity index (χ1v) is 12.1. The quantitative estimate of drug-likeness (QED) is 0.227. The Morgan fingerprint density at radius 2 is 1.34 bits per heavy atom. The van der Waals surface area contributed by atoms with Gasteiger partial charge < -0.3 is 24.8 Å². The lowest BCUT2D eigenvalue weighted by atomic mass is 10.0. The fourth-order valence-electron chi connectivity index (χ4n) is 3.75. The molecule has 0 saturated carbocycles. The van der Waals surface area contributed by atoms with E-state index in [2.05, 4.69) is 19.1 Å². The van der Waals surface area contributed by atoms with Crippen molar-refractivity contribution in [3.8, 4) is 0 Å². The molecule has 29 heavy (non-hydrogen) atoms. The van der Waals surface area contributed by atoms with Crippen molar-refractivity contribution < 1.29 is 24.8 Å². The van der Waals surface area contributed by atoms with Gasteiger partial charge in [-0.05, 0) is 32.1 Å². The van der Waals surface area contributed by atoms with Gasteiger partial charge in [-0.15, -0.1) is 0 Å². The van der Waals surface area contributed by atoms with Gasteiger partial charge in [-0.25, -0.2) is 0 Å². The number of aliphatic hydroxyl groups excluding tert-OH is 3. The number of rotatable bonds is 18. The van der Waals surface area contributed by atoms with E-state index in [1.54, 1.807) is 0 Å². The van der Waals surface area contributed by atoms with Crippen LogP contribution in [-0.2, 0) is 9.47 Å².